The molecule has 0 saturated heterocycles. The molecule has 0 saturated carbocycles. The molecule has 1 aliphatic rings. The van der Waals surface area contributed by atoms with Gasteiger partial charge in [-0.3, -0.25) is 4.79 Å². The Hall–Kier alpha value is -2.74. The lowest BCUT2D eigenvalue weighted by molar-refractivity contribution is -0.137. The monoisotopic (exact) mass is 316 g/mol. The molecule has 2 nitrogen and oxygen atoms in total. The molecule has 116 valence electrons. The standard InChI is InChI=1S/C18H11F3O2/c19-18(20,21)13-7-9-17-15(10-13)16(22)11-14(23-17)8-6-12-4-2-1-3-5-12/h1-5,7,9-10,14H,11H2/t14-/m0/s1. The van der Waals surface area contributed by atoms with Gasteiger partial charge in [0.1, 0.15) is 5.75 Å². The van der Waals surface area contributed by atoms with Gasteiger partial charge in [0.15, 0.2) is 11.9 Å². The summed E-state index contributed by atoms with van der Waals surface area (Å²) in [6.45, 7) is 0. The highest BCUT2D eigenvalue weighted by Crippen LogP contribution is 2.35. The van der Waals surface area contributed by atoms with Gasteiger partial charge in [0.05, 0.1) is 17.5 Å². The molecule has 1 aliphatic heterocycles. The first-order valence-electron chi connectivity index (χ1n) is 6.91. The fourth-order valence-electron chi connectivity index (χ4n) is 2.27. The van der Waals surface area contributed by atoms with E-state index in [0.29, 0.717) is 0 Å². The van der Waals surface area contributed by atoms with Gasteiger partial charge in [-0.1, -0.05) is 30.0 Å². The van der Waals surface area contributed by atoms with Crippen molar-refractivity contribution < 1.29 is 22.7 Å². The number of carbonyl (C=O) groups excluding carboxylic acids is 1. The third-order valence-electron chi connectivity index (χ3n) is 3.40. The second kappa shape index (κ2) is 5.81. The topological polar surface area (TPSA) is 26.3 Å². The van der Waals surface area contributed by atoms with Crippen molar-refractivity contribution in [3.05, 3.63) is 65.2 Å². The number of fused-ring (bicyclic) bond motifs is 1. The van der Waals surface area contributed by atoms with Crippen LogP contribution in [0.25, 0.3) is 0 Å². The summed E-state index contributed by atoms with van der Waals surface area (Å²) >= 11 is 0. The van der Waals surface area contributed by atoms with Crippen LogP contribution in [0.3, 0.4) is 0 Å². The summed E-state index contributed by atoms with van der Waals surface area (Å²) < 4.78 is 43.6. The number of ketones is 1. The summed E-state index contributed by atoms with van der Waals surface area (Å²) in [6, 6.07) is 12.1. The highest BCUT2D eigenvalue weighted by atomic mass is 19.4. The van der Waals surface area contributed by atoms with Gasteiger partial charge in [0, 0.05) is 5.56 Å². The maximum Gasteiger partial charge on any atom is 0.416 e. The highest BCUT2D eigenvalue weighted by Gasteiger charge is 2.34. The fraction of sp³-hybridized carbons (Fsp3) is 0.167. The molecule has 23 heavy (non-hydrogen) atoms. The van der Waals surface area contributed by atoms with E-state index in [9.17, 15) is 18.0 Å². The zero-order valence-electron chi connectivity index (χ0n) is 11.9. The van der Waals surface area contributed by atoms with Gasteiger partial charge in [-0.2, -0.15) is 13.2 Å². The van der Waals surface area contributed by atoms with Crippen LogP contribution >= 0.6 is 0 Å². The van der Waals surface area contributed by atoms with Crippen LogP contribution in [0.2, 0.25) is 0 Å². The maximum absolute atomic E-state index is 12.7. The molecule has 0 N–H and O–H groups in total. The van der Waals surface area contributed by atoms with Gasteiger partial charge in [-0.15, -0.1) is 0 Å². The first kappa shape index (κ1) is 15.2. The van der Waals surface area contributed by atoms with Crippen molar-refractivity contribution in [1.29, 1.82) is 0 Å². The van der Waals surface area contributed by atoms with Gasteiger partial charge in [0.2, 0.25) is 0 Å². The third kappa shape index (κ3) is 3.37. The Kier molecular flexibility index (Phi) is 3.83. The second-order valence-corrected chi connectivity index (χ2v) is 5.08. The number of carbonyl (C=O) groups is 1. The summed E-state index contributed by atoms with van der Waals surface area (Å²) in [7, 11) is 0. The lowest BCUT2D eigenvalue weighted by atomic mass is 9.98. The lowest BCUT2D eigenvalue weighted by Crippen LogP contribution is -2.26. The first-order valence-corrected chi connectivity index (χ1v) is 6.91. The van der Waals surface area contributed by atoms with Crippen LogP contribution in [0.4, 0.5) is 13.2 Å². The Labute approximate surface area is 130 Å². The molecule has 0 unspecified atom stereocenters. The molecule has 0 aliphatic carbocycles. The van der Waals surface area contributed by atoms with E-state index in [1.54, 1.807) is 0 Å². The predicted octanol–water partition coefficient (Wildman–Crippen LogP) is 4.09. The van der Waals surface area contributed by atoms with E-state index in [1.165, 1.54) is 6.07 Å². The van der Waals surface area contributed by atoms with Crippen molar-refractivity contribution in [3.63, 3.8) is 0 Å². The maximum atomic E-state index is 12.7. The van der Waals surface area contributed by atoms with Crippen LogP contribution in [0.5, 0.6) is 5.75 Å². The second-order valence-electron chi connectivity index (χ2n) is 5.08. The van der Waals surface area contributed by atoms with Crippen LogP contribution in [-0.4, -0.2) is 11.9 Å². The minimum Gasteiger partial charge on any atom is -0.477 e. The van der Waals surface area contributed by atoms with Crippen LogP contribution in [0.1, 0.15) is 27.9 Å². The molecule has 3 rings (SSSR count). The third-order valence-corrected chi connectivity index (χ3v) is 3.40. The molecule has 0 bridgehead atoms. The number of ether oxygens (including phenoxy) is 1. The lowest BCUT2D eigenvalue weighted by Gasteiger charge is -2.22. The SMILES string of the molecule is O=C1C[C@H](C#Cc2ccccc2)Oc2ccc(C(F)(F)F)cc21. The van der Waals surface area contributed by atoms with Gasteiger partial charge >= 0.3 is 6.18 Å². The first-order chi connectivity index (χ1) is 10.9. The summed E-state index contributed by atoms with van der Waals surface area (Å²) in [4.78, 5) is 12.1. The molecular formula is C18H11F3O2. The van der Waals surface area contributed by atoms with Crippen molar-refractivity contribution in [2.75, 3.05) is 0 Å². The predicted molar refractivity (Wildman–Crippen MR) is 78.1 cm³/mol. The summed E-state index contributed by atoms with van der Waals surface area (Å²) in [5.41, 5.74) is -0.124. The van der Waals surface area contributed by atoms with E-state index in [0.717, 1.165) is 17.7 Å². The molecule has 0 aromatic heterocycles. The number of alkyl halides is 3. The average molecular weight is 316 g/mol. The number of Topliss-reactive ketones (excluding diaryl/α,β-unsaturated/α-hetero) is 1. The largest absolute Gasteiger partial charge is 0.477 e. The minimum absolute atomic E-state index is 0.0439. The van der Waals surface area contributed by atoms with Gasteiger partial charge in [-0.05, 0) is 30.3 Å². The van der Waals surface area contributed by atoms with Crippen molar-refractivity contribution in [1.82, 2.24) is 0 Å². The number of hydrogen-bond acceptors (Lipinski definition) is 2. The molecular weight excluding hydrogens is 305 g/mol. The van der Waals surface area contributed by atoms with Crippen molar-refractivity contribution in [2.24, 2.45) is 0 Å². The molecule has 0 fully saturated rings. The smallest absolute Gasteiger partial charge is 0.416 e. The van der Waals surface area contributed by atoms with Gasteiger partial charge in [-0.25, -0.2) is 0 Å². The minimum atomic E-state index is -4.49. The van der Waals surface area contributed by atoms with E-state index in [1.807, 2.05) is 30.3 Å². The summed E-state index contributed by atoms with van der Waals surface area (Å²) in [5, 5.41) is 0. The molecule has 2 aromatic carbocycles. The summed E-state index contributed by atoms with van der Waals surface area (Å²) in [5.74, 6) is 5.47. The van der Waals surface area contributed by atoms with Crippen LogP contribution in [0, 0.1) is 11.8 Å². The molecule has 0 radical (unpaired) electrons. The van der Waals surface area contributed by atoms with Gasteiger partial charge < -0.3 is 4.74 Å². The zero-order chi connectivity index (χ0) is 16.4. The van der Waals surface area contributed by atoms with Crippen molar-refractivity contribution in [3.8, 4) is 17.6 Å². The number of hydrogen-bond donors (Lipinski definition) is 0. The Bertz CT molecular complexity index is 798. The fourth-order valence-corrected chi connectivity index (χ4v) is 2.27. The number of benzene rings is 2. The van der Waals surface area contributed by atoms with E-state index >= 15 is 0 Å². The quantitative estimate of drug-likeness (QED) is 0.684. The molecule has 0 amide bonds. The number of rotatable bonds is 0. The Morgan fingerprint density at radius 2 is 1.83 bits per heavy atom. The van der Waals surface area contributed by atoms with Crippen LogP contribution in [-0.2, 0) is 6.18 Å². The van der Waals surface area contributed by atoms with Crippen LogP contribution in [0.15, 0.2) is 48.5 Å². The van der Waals surface area contributed by atoms with Crippen molar-refractivity contribution >= 4 is 5.78 Å². The van der Waals surface area contributed by atoms with E-state index in [4.69, 9.17) is 4.74 Å². The molecule has 0 spiro atoms. The van der Waals surface area contributed by atoms with Gasteiger partial charge in [0.25, 0.3) is 0 Å². The van der Waals surface area contributed by atoms with E-state index in [-0.39, 0.29) is 17.7 Å². The number of halogens is 3. The van der Waals surface area contributed by atoms with E-state index < -0.39 is 23.6 Å². The molecule has 5 heteroatoms. The summed E-state index contributed by atoms with van der Waals surface area (Å²) in [6.07, 6.45) is -5.21. The highest BCUT2D eigenvalue weighted by molar-refractivity contribution is 6.00. The Balaban J connectivity index is 1.85. The van der Waals surface area contributed by atoms with Crippen molar-refractivity contribution in [2.45, 2.75) is 18.7 Å². The zero-order valence-corrected chi connectivity index (χ0v) is 11.9. The molecule has 1 atom stereocenters. The van der Waals surface area contributed by atoms with E-state index in [2.05, 4.69) is 11.8 Å². The normalized spacial score (nSPS) is 16.8. The van der Waals surface area contributed by atoms with Crippen LogP contribution < -0.4 is 4.74 Å². The Morgan fingerprint density at radius 3 is 2.52 bits per heavy atom. The molecule has 2 aromatic rings. The Morgan fingerprint density at radius 1 is 1.09 bits per heavy atom. The molecule has 1 heterocycles. The average Bonchev–Trinajstić information content (AvgIpc) is 2.53.